The van der Waals surface area contributed by atoms with Gasteiger partial charge in [0.25, 0.3) is 5.91 Å². The second-order valence-corrected chi connectivity index (χ2v) is 18.1. The van der Waals surface area contributed by atoms with Crippen LogP contribution in [0.15, 0.2) is 52.3 Å². The van der Waals surface area contributed by atoms with Gasteiger partial charge in [0, 0.05) is 68.1 Å². The molecule has 2 amide bonds. The van der Waals surface area contributed by atoms with Crippen molar-refractivity contribution >= 4 is 33.8 Å². The Morgan fingerprint density at radius 1 is 1.02 bits per heavy atom. The third-order valence-electron chi connectivity index (χ3n) is 13.3. The highest BCUT2D eigenvalue weighted by Gasteiger charge is 2.66. The fourth-order valence-corrected chi connectivity index (χ4v) is 12.9. The number of hydrogen-bond acceptors (Lipinski definition) is 6. The number of rotatable bonds is 7. The number of carbonyl (C=O) groups is 2. The number of hydrogen-bond donors (Lipinski definition) is 1. The Labute approximate surface area is 296 Å². The van der Waals surface area contributed by atoms with Crippen LogP contribution in [0.4, 0.5) is 5.69 Å². The summed E-state index contributed by atoms with van der Waals surface area (Å²) in [6, 6.07) is 4.38. The molecule has 50 heavy (non-hydrogen) atoms. The van der Waals surface area contributed by atoms with Gasteiger partial charge in [-0.1, -0.05) is 31.4 Å². The Balaban J connectivity index is 1.30. The van der Waals surface area contributed by atoms with Crippen molar-refractivity contribution in [1.82, 2.24) is 23.3 Å². The minimum absolute atomic E-state index is 0.0621. The number of methoxy groups -OCH3 is 1. The summed E-state index contributed by atoms with van der Waals surface area (Å²) >= 11 is 0. The third-order valence-corrected chi connectivity index (χ3v) is 15.6. The number of nitrogens with zero attached hydrogens (tertiary/aromatic N) is 4. The number of ether oxygens (including phenoxy) is 1. The molecule has 266 valence electrons. The van der Waals surface area contributed by atoms with Crippen molar-refractivity contribution in [1.29, 1.82) is 0 Å². The maximum Gasteiger partial charge on any atom is 0.382 e. The lowest BCUT2D eigenvalue weighted by Gasteiger charge is -2.45. The van der Waals surface area contributed by atoms with E-state index in [1.165, 1.54) is 6.42 Å². The van der Waals surface area contributed by atoms with Crippen molar-refractivity contribution < 1.29 is 22.7 Å². The van der Waals surface area contributed by atoms with E-state index in [9.17, 15) is 4.79 Å². The smallest absolute Gasteiger partial charge is 0.382 e. The zero-order valence-electron chi connectivity index (χ0n) is 29.8. The lowest BCUT2D eigenvalue weighted by molar-refractivity contribution is -0.142. The molecule has 1 N–H and O–H groups in total. The van der Waals surface area contributed by atoms with E-state index in [1.807, 2.05) is 6.07 Å². The quantitative estimate of drug-likeness (QED) is 0.418. The van der Waals surface area contributed by atoms with Gasteiger partial charge in [-0.25, -0.2) is 0 Å². The number of piperazine rings is 1. The molecule has 2 bridgehead atoms. The molecule has 4 aliphatic carbocycles. The van der Waals surface area contributed by atoms with Gasteiger partial charge >= 0.3 is 10.2 Å². The lowest BCUT2D eigenvalue weighted by atomic mass is 9.75. The molecule has 4 aliphatic heterocycles. The third kappa shape index (κ3) is 4.51. The van der Waals surface area contributed by atoms with E-state index in [2.05, 4.69) is 46.5 Å². The van der Waals surface area contributed by atoms with Gasteiger partial charge in [0.15, 0.2) is 5.69 Å². The fraction of sp³-hybridized carbons (Fsp3) is 0.590. The standard InChI is InChI=1S/C39H49N5O5S/c1-40-38(45)36-31-22-44(50(47,48)42(3)24-13-14-24)32(19-30-33(49-4)18-17-27(37(30)44)23-9-6-5-7-10-23)34-28(35(31)36)11-8-12-29(34)39(46)43-25-15-16-26(43)21-41(2)20-25/h8,11,17-19,23-26,29,34H,5-7,9-10,12-16,20-22H2,1-4H3/p+1/t25?,26?,29-,34?,44?/m1/s1. The second-order valence-electron chi connectivity index (χ2n) is 16.0. The number of benzene rings is 1. The SMILES string of the molecule is CNC(=O)C1=C2C[N+]3(S(=O)(=O)N(C)C4CC4)C(=Cc4c(OC)ccc(C5CCCCC5)c43)C3C(=C21)C=CC[C@H]3C(=O)N1C2CCC1CN(C)C2. The van der Waals surface area contributed by atoms with Crippen LogP contribution in [0.1, 0.15) is 81.3 Å². The first kappa shape index (κ1) is 32.6. The molecule has 2 saturated heterocycles. The van der Waals surface area contributed by atoms with Gasteiger partial charge in [0.2, 0.25) is 5.91 Å². The monoisotopic (exact) mass is 700 g/mol. The second kappa shape index (κ2) is 11.6. The molecule has 11 heteroatoms. The molecule has 10 nitrogen and oxygen atoms in total. The normalized spacial score (nSPS) is 31.9. The van der Waals surface area contributed by atoms with E-state index >= 15 is 13.2 Å². The topological polar surface area (TPSA) is 99.3 Å². The Hall–Kier alpha value is -3.25. The van der Waals surface area contributed by atoms with Gasteiger partial charge in [-0.05, 0) is 75.6 Å². The number of amides is 2. The molecule has 1 aromatic rings. The predicted octanol–water partition coefficient (Wildman–Crippen LogP) is 4.61. The highest BCUT2D eigenvalue weighted by molar-refractivity contribution is 7.88. The van der Waals surface area contributed by atoms with Crippen LogP contribution in [-0.2, 0) is 19.8 Å². The van der Waals surface area contributed by atoms with Gasteiger partial charge in [0.1, 0.15) is 18.0 Å². The lowest BCUT2D eigenvalue weighted by Crippen LogP contribution is -2.61. The molecule has 0 spiro atoms. The van der Waals surface area contributed by atoms with Crippen molar-refractivity contribution in [2.75, 3.05) is 47.9 Å². The predicted molar refractivity (Wildman–Crippen MR) is 193 cm³/mol. The van der Waals surface area contributed by atoms with Crippen LogP contribution >= 0.6 is 0 Å². The van der Waals surface area contributed by atoms with Gasteiger partial charge in [-0.3, -0.25) is 9.59 Å². The first-order valence-electron chi connectivity index (χ1n) is 18.8. The van der Waals surface area contributed by atoms with Crippen LogP contribution in [0.3, 0.4) is 0 Å². The number of likely N-dealkylation sites (tertiary alicyclic amines) is 1. The molecule has 4 fully saturated rings. The van der Waals surface area contributed by atoms with E-state index in [4.69, 9.17) is 4.74 Å². The summed E-state index contributed by atoms with van der Waals surface area (Å²) in [5.41, 5.74) is 6.52. The number of nitrogens with one attached hydrogen (secondary N) is 1. The van der Waals surface area contributed by atoms with Crippen LogP contribution in [0.25, 0.3) is 6.08 Å². The average molecular weight is 701 g/mol. The minimum Gasteiger partial charge on any atom is -0.496 e. The van der Waals surface area contributed by atoms with E-state index < -0.39 is 25.9 Å². The minimum atomic E-state index is -4.12. The number of fused-ring (bicyclic) bond motifs is 8. The summed E-state index contributed by atoms with van der Waals surface area (Å²) < 4.78 is 38.8. The van der Waals surface area contributed by atoms with E-state index in [0.29, 0.717) is 17.7 Å². The molecule has 5 atom stereocenters. The number of quaternary nitrogens is 1. The molecule has 1 aromatic carbocycles. The van der Waals surface area contributed by atoms with E-state index in [0.717, 1.165) is 104 Å². The van der Waals surface area contributed by atoms with Crippen LogP contribution in [0.2, 0.25) is 0 Å². The molecule has 9 rings (SSSR count). The van der Waals surface area contributed by atoms with Crippen molar-refractivity contribution in [2.45, 2.75) is 88.3 Å². The maximum atomic E-state index is 15.8. The van der Waals surface area contributed by atoms with Crippen molar-refractivity contribution in [3.05, 3.63) is 63.4 Å². The Morgan fingerprint density at radius 3 is 2.40 bits per heavy atom. The summed E-state index contributed by atoms with van der Waals surface area (Å²) in [6.07, 6.45) is 15.8. The van der Waals surface area contributed by atoms with Crippen LogP contribution < -0.4 is 13.9 Å². The molecule has 8 aliphatic rings. The molecule has 0 radical (unpaired) electrons. The first-order valence-corrected chi connectivity index (χ1v) is 20.2. The zero-order chi connectivity index (χ0) is 34.7. The van der Waals surface area contributed by atoms with Crippen molar-refractivity contribution in [2.24, 2.45) is 11.8 Å². The first-order chi connectivity index (χ1) is 24.1. The Morgan fingerprint density at radius 2 is 1.74 bits per heavy atom. The summed E-state index contributed by atoms with van der Waals surface area (Å²) in [7, 11) is 3.04. The molecule has 0 aromatic heterocycles. The van der Waals surface area contributed by atoms with E-state index in [-0.39, 0.29) is 42.4 Å². The van der Waals surface area contributed by atoms with Gasteiger partial charge in [-0.15, -0.1) is 3.89 Å². The zero-order valence-corrected chi connectivity index (χ0v) is 30.6. The molecule has 4 heterocycles. The Bertz CT molecular complexity index is 1910. The van der Waals surface area contributed by atoms with Gasteiger partial charge in [-0.2, -0.15) is 12.7 Å². The Kier molecular flexibility index (Phi) is 7.59. The summed E-state index contributed by atoms with van der Waals surface area (Å²) in [5, 5.41) is 2.84. The molecule has 4 unspecified atom stereocenters. The fourth-order valence-electron chi connectivity index (χ4n) is 10.7. The number of allylic oxidation sites excluding steroid dienone is 3. The molecular formula is C39H50N5O5S+. The summed E-state index contributed by atoms with van der Waals surface area (Å²) in [6.45, 7) is 1.83. The number of carbonyl (C=O) groups excluding carboxylic acids is 2. The van der Waals surface area contributed by atoms with Crippen molar-refractivity contribution in [3.8, 4) is 5.75 Å². The van der Waals surface area contributed by atoms with Crippen molar-refractivity contribution in [3.63, 3.8) is 0 Å². The largest absolute Gasteiger partial charge is 0.496 e. The summed E-state index contributed by atoms with van der Waals surface area (Å²) in [4.78, 5) is 33.2. The molecule has 2 saturated carbocycles. The van der Waals surface area contributed by atoms with Crippen LogP contribution in [0, 0.1) is 11.8 Å². The van der Waals surface area contributed by atoms with Crippen LogP contribution in [-0.4, -0.2) is 100 Å². The van der Waals surface area contributed by atoms with Gasteiger partial charge in [0.05, 0.1) is 30.1 Å². The van der Waals surface area contributed by atoms with Crippen LogP contribution in [0.5, 0.6) is 5.75 Å². The van der Waals surface area contributed by atoms with Gasteiger partial charge < -0.3 is 19.9 Å². The number of likely N-dealkylation sites (N-methyl/N-ethyl adjacent to an activating group) is 2. The molecular weight excluding hydrogens is 651 g/mol. The summed E-state index contributed by atoms with van der Waals surface area (Å²) in [5.74, 6) is -0.208. The maximum absolute atomic E-state index is 15.8. The average Bonchev–Trinajstić information content (AvgIpc) is 4.04. The van der Waals surface area contributed by atoms with E-state index in [1.54, 1.807) is 25.5 Å². The highest BCUT2D eigenvalue weighted by Crippen LogP contribution is 2.63. The highest BCUT2D eigenvalue weighted by atomic mass is 32.2.